The summed E-state index contributed by atoms with van der Waals surface area (Å²) in [5.41, 5.74) is 2.98. The molecule has 7 heteroatoms. The van der Waals surface area contributed by atoms with Gasteiger partial charge in [0.2, 0.25) is 5.91 Å². The van der Waals surface area contributed by atoms with Crippen molar-refractivity contribution in [3.05, 3.63) is 54.4 Å². The van der Waals surface area contributed by atoms with Gasteiger partial charge in [0.1, 0.15) is 0 Å². The summed E-state index contributed by atoms with van der Waals surface area (Å²) >= 11 is 0. The molecule has 1 aromatic carbocycles. The maximum Gasteiger partial charge on any atom is 0.242 e. The van der Waals surface area contributed by atoms with Crippen molar-refractivity contribution in [3.63, 3.8) is 0 Å². The van der Waals surface area contributed by atoms with Crippen LogP contribution in [-0.2, 0) is 14.6 Å². The molecule has 2 N–H and O–H groups in total. The summed E-state index contributed by atoms with van der Waals surface area (Å²) in [5.74, 6) is -0.407. The van der Waals surface area contributed by atoms with Crippen LogP contribution >= 0.6 is 0 Å². The van der Waals surface area contributed by atoms with Crippen LogP contribution < -0.4 is 10.6 Å². The van der Waals surface area contributed by atoms with Gasteiger partial charge in [0, 0.05) is 18.6 Å². The lowest BCUT2D eigenvalue weighted by molar-refractivity contribution is -0.125. The van der Waals surface area contributed by atoms with Crippen LogP contribution in [0.4, 0.5) is 0 Å². The molecule has 1 atom stereocenters. The Hall–Kier alpha value is -2.25. The summed E-state index contributed by atoms with van der Waals surface area (Å²) in [6, 6.07) is 11.4. The summed E-state index contributed by atoms with van der Waals surface area (Å²) in [5, 5.41) is 6.04. The minimum absolute atomic E-state index is 0.283. The average molecular weight is 388 g/mol. The highest BCUT2D eigenvalue weighted by Crippen LogP contribution is 2.29. The summed E-state index contributed by atoms with van der Waals surface area (Å²) in [6.45, 7) is 2.91. The van der Waals surface area contributed by atoms with E-state index in [-0.39, 0.29) is 6.04 Å². The van der Waals surface area contributed by atoms with Crippen LogP contribution in [0.5, 0.6) is 0 Å². The van der Waals surface area contributed by atoms with Gasteiger partial charge in [-0.1, -0.05) is 30.3 Å². The van der Waals surface area contributed by atoms with Crippen LogP contribution in [0.2, 0.25) is 0 Å². The zero-order valence-corrected chi connectivity index (χ0v) is 16.4. The van der Waals surface area contributed by atoms with Crippen molar-refractivity contribution in [1.82, 2.24) is 15.6 Å². The fourth-order valence-corrected chi connectivity index (χ4v) is 4.85. The number of sulfone groups is 1. The van der Waals surface area contributed by atoms with Gasteiger partial charge in [0.05, 0.1) is 6.04 Å². The lowest BCUT2D eigenvalue weighted by atomic mass is 9.95. The lowest BCUT2D eigenvalue weighted by Gasteiger charge is -2.35. The normalized spacial score (nSPS) is 17.9. The van der Waals surface area contributed by atoms with Gasteiger partial charge in [0.25, 0.3) is 0 Å². The molecule has 2 aromatic rings. The second-order valence-electron chi connectivity index (χ2n) is 7.08. The molecule has 1 aromatic heterocycles. The third kappa shape index (κ3) is 4.04. The summed E-state index contributed by atoms with van der Waals surface area (Å²) in [7, 11) is -3.52. The molecule has 0 aliphatic carbocycles. The molecule has 144 valence electrons. The maximum absolute atomic E-state index is 12.9. The van der Waals surface area contributed by atoms with Crippen molar-refractivity contribution in [3.8, 4) is 11.1 Å². The number of amides is 1. The Bertz CT molecular complexity index is 890. The first kappa shape index (κ1) is 19.5. The number of hydrogen-bond donors (Lipinski definition) is 2. The van der Waals surface area contributed by atoms with Crippen LogP contribution in [0.3, 0.4) is 0 Å². The Morgan fingerprint density at radius 3 is 2.37 bits per heavy atom. The van der Waals surface area contributed by atoms with Crippen molar-refractivity contribution < 1.29 is 13.2 Å². The van der Waals surface area contributed by atoms with Gasteiger partial charge in [0.15, 0.2) is 14.6 Å². The van der Waals surface area contributed by atoms with Gasteiger partial charge < -0.3 is 10.6 Å². The zero-order chi connectivity index (χ0) is 19.5. The molecule has 1 unspecified atom stereocenters. The Labute approximate surface area is 160 Å². The second-order valence-corrected chi connectivity index (χ2v) is 9.40. The van der Waals surface area contributed by atoms with Gasteiger partial charge >= 0.3 is 0 Å². The molecule has 1 fully saturated rings. The van der Waals surface area contributed by atoms with Gasteiger partial charge in [-0.25, -0.2) is 8.42 Å². The van der Waals surface area contributed by atoms with Gasteiger partial charge in [-0.3, -0.25) is 9.78 Å². The average Bonchev–Trinajstić information content (AvgIpc) is 2.68. The van der Waals surface area contributed by atoms with Crippen LogP contribution in [0.1, 0.15) is 31.4 Å². The van der Waals surface area contributed by atoms with E-state index in [1.165, 1.54) is 0 Å². The van der Waals surface area contributed by atoms with E-state index >= 15 is 0 Å². The number of piperidine rings is 1. The first-order valence-electron chi connectivity index (χ1n) is 9.05. The molecule has 2 heterocycles. The fourth-order valence-electron chi connectivity index (χ4n) is 3.51. The van der Waals surface area contributed by atoms with Gasteiger partial charge in [-0.05, 0) is 55.6 Å². The number of benzene rings is 1. The van der Waals surface area contributed by atoms with Gasteiger partial charge in [-0.2, -0.15) is 0 Å². The standard InChI is InChI=1S/C20H25N3O3S/c1-15(16-5-7-17(8-6-16)18-4-3-11-22-14-18)23-19(24)20(27(2,25)26)9-12-21-13-10-20/h3-8,11,14-15,21H,9-10,12-13H2,1-2H3,(H,23,24). The third-order valence-corrected chi connectivity index (χ3v) is 7.30. The van der Waals surface area contributed by atoms with Crippen molar-refractivity contribution in [1.29, 1.82) is 0 Å². The number of hydrogen-bond acceptors (Lipinski definition) is 5. The molecule has 0 spiro atoms. The number of carbonyl (C=O) groups is 1. The van der Waals surface area contributed by atoms with Crippen molar-refractivity contribution in [2.75, 3.05) is 19.3 Å². The molecule has 0 radical (unpaired) electrons. The zero-order valence-electron chi connectivity index (χ0n) is 15.6. The van der Waals surface area contributed by atoms with E-state index in [9.17, 15) is 13.2 Å². The van der Waals surface area contributed by atoms with Crippen molar-refractivity contribution >= 4 is 15.7 Å². The number of carbonyl (C=O) groups excluding carboxylic acids is 1. The molecule has 0 saturated carbocycles. The molecule has 1 aliphatic rings. The highest BCUT2D eigenvalue weighted by Gasteiger charge is 2.48. The molecule has 1 saturated heterocycles. The highest BCUT2D eigenvalue weighted by molar-refractivity contribution is 7.92. The number of nitrogens with one attached hydrogen (secondary N) is 2. The number of nitrogens with zero attached hydrogens (tertiary/aromatic N) is 1. The monoisotopic (exact) mass is 387 g/mol. The van der Waals surface area contributed by atoms with Crippen LogP contribution in [0.25, 0.3) is 11.1 Å². The quantitative estimate of drug-likeness (QED) is 0.820. The Morgan fingerprint density at radius 1 is 1.15 bits per heavy atom. The first-order valence-corrected chi connectivity index (χ1v) is 10.9. The molecule has 27 heavy (non-hydrogen) atoms. The van der Waals surface area contributed by atoms with E-state index < -0.39 is 20.5 Å². The maximum atomic E-state index is 12.9. The Kier molecular flexibility index (Phi) is 5.62. The predicted octanol–water partition coefficient (Wildman–Crippen LogP) is 2.09. The van der Waals surface area contributed by atoms with E-state index in [1.807, 2.05) is 43.3 Å². The highest BCUT2D eigenvalue weighted by atomic mass is 32.2. The van der Waals surface area contributed by atoms with Crippen molar-refractivity contribution in [2.24, 2.45) is 0 Å². The predicted molar refractivity (Wildman–Crippen MR) is 106 cm³/mol. The van der Waals surface area contributed by atoms with Crippen LogP contribution in [-0.4, -0.2) is 43.4 Å². The number of aromatic nitrogens is 1. The summed E-state index contributed by atoms with van der Waals surface area (Å²) in [6.07, 6.45) is 5.28. The van der Waals surface area contributed by atoms with Crippen molar-refractivity contribution in [2.45, 2.75) is 30.6 Å². The molecule has 3 rings (SSSR count). The van der Waals surface area contributed by atoms with E-state index in [2.05, 4.69) is 15.6 Å². The van der Waals surface area contributed by atoms with E-state index in [4.69, 9.17) is 0 Å². The minimum Gasteiger partial charge on any atom is -0.348 e. The largest absolute Gasteiger partial charge is 0.348 e. The van der Waals surface area contributed by atoms with E-state index in [0.29, 0.717) is 25.9 Å². The summed E-state index contributed by atoms with van der Waals surface area (Å²) in [4.78, 5) is 17.0. The number of pyridine rings is 1. The lowest BCUT2D eigenvalue weighted by Crippen LogP contribution is -2.57. The van der Waals surface area contributed by atoms with Crippen LogP contribution in [0, 0.1) is 0 Å². The molecule has 6 nitrogen and oxygen atoms in total. The van der Waals surface area contributed by atoms with Crippen LogP contribution in [0.15, 0.2) is 48.8 Å². The first-order chi connectivity index (χ1) is 12.8. The molecule has 1 aliphatic heterocycles. The second kappa shape index (κ2) is 7.78. The molecular formula is C20H25N3O3S. The van der Waals surface area contributed by atoms with E-state index in [1.54, 1.807) is 12.4 Å². The Balaban J connectivity index is 1.76. The minimum atomic E-state index is -3.52. The smallest absolute Gasteiger partial charge is 0.242 e. The third-order valence-electron chi connectivity index (χ3n) is 5.29. The molecular weight excluding hydrogens is 362 g/mol. The Morgan fingerprint density at radius 2 is 1.81 bits per heavy atom. The summed E-state index contributed by atoms with van der Waals surface area (Å²) < 4.78 is 23.4. The fraction of sp³-hybridized carbons (Fsp3) is 0.400. The molecule has 1 amide bonds. The van der Waals surface area contributed by atoms with E-state index in [0.717, 1.165) is 22.9 Å². The SMILES string of the molecule is CC(NC(=O)C1(S(C)(=O)=O)CCNCC1)c1ccc(-c2cccnc2)cc1. The number of rotatable bonds is 5. The van der Waals surface area contributed by atoms with Gasteiger partial charge in [-0.15, -0.1) is 0 Å². The molecule has 0 bridgehead atoms. The topological polar surface area (TPSA) is 88.2 Å².